The van der Waals surface area contributed by atoms with Crippen LogP contribution in [0.15, 0.2) is 54.9 Å². The van der Waals surface area contributed by atoms with Crippen LogP contribution in [0.5, 0.6) is 0 Å². The maximum atomic E-state index is 9.01. The SMILES string of the molecule is OCc1ccc[n+](Cc2ccccc2)c1.[Cl-]. The number of halogens is 1. The maximum absolute atomic E-state index is 9.01. The summed E-state index contributed by atoms with van der Waals surface area (Å²) in [7, 11) is 0. The van der Waals surface area contributed by atoms with Crippen molar-refractivity contribution in [3.63, 3.8) is 0 Å². The van der Waals surface area contributed by atoms with Crippen LogP contribution in [0.2, 0.25) is 0 Å². The molecule has 0 saturated carbocycles. The highest BCUT2D eigenvalue weighted by atomic mass is 35.5. The molecule has 0 aliphatic heterocycles. The van der Waals surface area contributed by atoms with Crippen LogP contribution in [0.4, 0.5) is 0 Å². The molecule has 1 aromatic carbocycles. The van der Waals surface area contributed by atoms with Gasteiger partial charge in [-0.1, -0.05) is 30.3 Å². The van der Waals surface area contributed by atoms with Gasteiger partial charge in [0.1, 0.15) is 0 Å². The summed E-state index contributed by atoms with van der Waals surface area (Å²) in [5.74, 6) is 0. The molecule has 1 heterocycles. The third kappa shape index (κ3) is 3.33. The van der Waals surface area contributed by atoms with Crippen molar-refractivity contribution in [2.24, 2.45) is 0 Å². The first-order valence-corrected chi connectivity index (χ1v) is 5.01. The molecule has 0 amide bonds. The van der Waals surface area contributed by atoms with Crippen LogP contribution in [0, 0.1) is 0 Å². The minimum atomic E-state index is 0. The van der Waals surface area contributed by atoms with Gasteiger partial charge in [-0.3, -0.25) is 0 Å². The lowest BCUT2D eigenvalue weighted by atomic mass is 10.2. The molecular formula is C13H14ClNO. The third-order valence-electron chi connectivity index (χ3n) is 2.31. The summed E-state index contributed by atoms with van der Waals surface area (Å²) in [4.78, 5) is 0. The van der Waals surface area contributed by atoms with Gasteiger partial charge in [0.25, 0.3) is 0 Å². The Hall–Kier alpha value is -1.38. The number of benzene rings is 1. The molecule has 2 aromatic rings. The molecule has 2 rings (SSSR count). The summed E-state index contributed by atoms with van der Waals surface area (Å²) >= 11 is 0. The fourth-order valence-electron chi connectivity index (χ4n) is 1.56. The average Bonchev–Trinajstić information content (AvgIpc) is 2.31. The Morgan fingerprint density at radius 3 is 2.31 bits per heavy atom. The highest BCUT2D eigenvalue weighted by Gasteiger charge is 2.02. The van der Waals surface area contributed by atoms with E-state index in [9.17, 15) is 0 Å². The maximum Gasteiger partial charge on any atom is 0.174 e. The quantitative estimate of drug-likeness (QED) is 0.645. The third-order valence-corrected chi connectivity index (χ3v) is 2.31. The molecule has 0 saturated heterocycles. The van der Waals surface area contributed by atoms with Crippen molar-refractivity contribution >= 4 is 0 Å². The molecule has 0 fully saturated rings. The number of pyridine rings is 1. The zero-order chi connectivity index (χ0) is 10.5. The number of hydrogen-bond donors (Lipinski definition) is 1. The molecular weight excluding hydrogens is 222 g/mol. The molecule has 0 bridgehead atoms. The summed E-state index contributed by atoms with van der Waals surface area (Å²) in [6.07, 6.45) is 3.97. The van der Waals surface area contributed by atoms with Gasteiger partial charge in [0.05, 0.1) is 6.61 Å². The van der Waals surface area contributed by atoms with Crippen molar-refractivity contribution in [3.05, 3.63) is 66.0 Å². The summed E-state index contributed by atoms with van der Waals surface area (Å²) in [5.41, 5.74) is 2.20. The van der Waals surface area contributed by atoms with Gasteiger partial charge in [-0.2, -0.15) is 0 Å². The van der Waals surface area contributed by atoms with Gasteiger partial charge in [-0.15, -0.1) is 0 Å². The number of hydrogen-bond acceptors (Lipinski definition) is 1. The molecule has 1 N–H and O–H groups in total. The zero-order valence-electron chi connectivity index (χ0n) is 8.88. The number of nitrogens with zero attached hydrogens (tertiary/aromatic N) is 1. The van der Waals surface area contributed by atoms with Crippen molar-refractivity contribution in [3.8, 4) is 0 Å². The average molecular weight is 236 g/mol. The first-order valence-electron chi connectivity index (χ1n) is 5.01. The van der Waals surface area contributed by atoms with E-state index in [-0.39, 0.29) is 19.0 Å². The lowest BCUT2D eigenvalue weighted by Gasteiger charge is -1.98. The van der Waals surface area contributed by atoms with Crippen molar-refractivity contribution in [2.45, 2.75) is 13.2 Å². The first-order chi connectivity index (χ1) is 7.38. The van der Waals surface area contributed by atoms with Crippen LogP contribution in [0.1, 0.15) is 11.1 Å². The number of aromatic nitrogens is 1. The summed E-state index contributed by atoms with van der Waals surface area (Å²) in [5, 5.41) is 9.01. The number of aliphatic hydroxyl groups excluding tert-OH is 1. The second-order valence-electron chi connectivity index (χ2n) is 3.53. The van der Waals surface area contributed by atoms with Crippen LogP contribution in [0.25, 0.3) is 0 Å². The minimum Gasteiger partial charge on any atom is -1.00 e. The van der Waals surface area contributed by atoms with Crippen LogP contribution in [-0.2, 0) is 13.2 Å². The number of rotatable bonds is 3. The first kappa shape index (κ1) is 12.7. The normalized spacial score (nSPS) is 9.56. The van der Waals surface area contributed by atoms with Gasteiger partial charge >= 0.3 is 0 Å². The van der Waals surface area contributed by atoms with Gasteiger partial charge in [0.2, 0.25) is 0 Å². The predicted octanol–water partition coefficient (Wildman–Crippen LogP) is -1.48. The van der Waals surface area contributed by atoms with Gasteiger partial charge in [0, 0.05) is 17.2 Å². The molecule has 0 aliphatic rings. The largest absolute Gasteiger partial charge is 1.00 e. The molecule has 0 spiro atoms. The van der Waals surface area contributed by atoms with Crippen LogP contribution >= 0.6 is 0 Å². The lowest BCUT2D eigenvalue weighted by molar-refractivity contribution is -0.688. The fraction of sp³-hybridized carbons (Fsp3) is 0.154. The van der Waals surface area contributed by atoms with Gasteiger partial charge in [-0.25, -0.2) is 4.57 Å². The molecule has 84 valence electrons. The van der Waals surface area contributed by atoms with Crippen LogP contribution < -0.4 is 17.0 Å². The molecule has 0 atom stereocenters. The Labute approximate surface area is 102 Å². The monoisotopic (exact) mass is 235 g/mol. The Kier molecular flexibility index (Phi) is 4.96. The van der Waals surface area contributed by atoms with E-state index in [1.807, 2.05) is 42.7 Å². The van der Waals surface area contributed by atoms with Crippen molar-refractivity contribution in [1.29, 1.82) is 0 Å². The summed E-state index contributed by atoms with van der Waals surface area (Å²) < 4.78 is 2.07. The van der Waals surface area contributed by atoms with E-state index < -0.39 is 0 Å². The van der Waals surface area contributed by atoms with Crippen molar-refractivity contribution in [2.75, 3.05) is 0 Å². The van der Waals surface area contributed by atoms with Crippen molar-refractivity contribution < 1.29 is 22.1 Å². The molecule has 2 nitrogen and oxygen atoms in total. The molecule has 1 aromatic heterocycles. The lowest BCUT2D eigenvalue weighted by Crippen LogP contribution is -3.00. The molecule has 0 aliphatic carbocycles. The molecule has 16 heavy (non-hydrogen) atoms. The standard InChI is InChI=1S/C13H14NO.ClH/c15-11-13-7-4-8-14(10-13)9-12-5-2-1-3-6-12;/h1-8,10,15H,9,11H2;1H/q+1;/p-1. The van der Waals surface area contributed by atoms with Crippen LogP contribution in [0.3, 0.4) is 0 Å². The van der Waals surface area contributed by atoms with Crippen molar-refractivity contribution in [1.82, 2.24) is 0 Å². The second-order valence-corrected chi connectivity index (χ2v) is 3.53. The van der Waals surface area contributed by atoms with E-state index in [1.165, 1.54) is 5.56 Å². The molecule has 0 unspecified atom stereocenters. The van der Waals surface area contributed by atoms with E-state index in [0.29, 0.717) is 0 Å². The second kappa shape index (κ2) is 6.26. The van der Waals surface area contributed by atoms with Gasteiger partial charge in [-0.05, 0) is 6.07 Å². The Bertz CT molecular complexity index is 431. The number of aliphatic hydroxyl groups is 1. The summed E-state index contributed by atoms with van der Waals surface area (Å²) in [6.45, 7) is 0.935. The molecule has 3 heteroatoms. The highest BCUT2D eigenvalue weighted by Crippen LogP contribution is 1.98. The van der Waals surface area contributed by atoms with E-state index in [2.05, 4.69) is 16.7 Å². The smallest absolute Gasteiger partial charge is 0.174 e. The Balaban J connectivity index is 0.00000128. The zero-order valence-corrected chi connectivity index (χ0v) is 9.64. The Morgan fingerprint density at radius 2 is 1.62 bits per heavy atom. The predicted molar refractivity (Wildman–Crippen MR) is 58.1 cm³/mol. The van der Waals surface area contributed by atoms with E-state index in [1.54, 1.807) is 0 Å². The van der Waals surface area contributed by atoms with E-state index >= 15 is 0 Å². The minimum absolute atomic E-state index is 0. The Morgan fingerprint density at radius 1 is 0.938 bits per heavy atom. The van der Waals surface area contributed by atoms with E-state index in [4.69, 9.17) is 5.11 Å². The summed E-state index contributed by atoms with van der Waals surface area (Å²) in [6, 6.07) is 14.1. The van der Waals surface area contributed by atoms with E-state index in [0.717, 1.165) is 12.1 Å². The molecule has 0 radical (unpaired) electrons. The van der Waals surface area contributed by atoms with Crippen LogP contribution in [-0.4, -0.2) is 5.11 Å². The topological polar surface area (TPSA) is 24.1 Å². The fourth-order valence-corrected chi connectivity index (χ4v) is 1.56. The van der Waals surface area contributed by atoms with Gasteiger partial charge in [0.15, 0.2) is 18.9 Å². The van der Waals surface area contributed by atoms with Gasteiger partial charge < -0.3 is 17.5 Å². The highest BCUT2D eigenvalue weighted by molar-refractivity contribution is 5.13.